The highest BCUT2D eigenvalue weighted by atomic mass is 32.2. The van der Waals surface area contributed by atoms with Crippen LogP contribution in [0, 0.1) is 29.1 Å². The largest absolute Gasteiger partial charge is 0.324 e. The quantitative estimate of drug-likeness (QED) is 0.157. The van der Waals surface area contributed by atoms with Crippen molar-refractivity contribution >= 4 is 44.5 Å². The Labute approximate surface area is 193 Å². The van der Waals surface area contributed by atoms with Crippen LogP contribution in [-0.4, -0.2) is 30.5 Å². The zero-order valence-corrected chi connectivity index (χ0v) is 18.8. The van der Waals surface area contributed by atoms with Gasteiger partial charge in [0.05, 0.1) is 11.1 Å². The lowest BCUT2D eigenvalue weighted by Crippen LogP contribution is -2.42. The molecule has 0 unspecified atom stereocenters. The standard InChI is InChI=1S/C21H12F5NO5S2/c1-8(2)33-12-7-6-11-13-9(12)4-3-5-10(13)20(28)27(21(11)29)32-34(30,31)19-17(25)15(23)14(22)16(24)18(19)26/h3-8H,1-2H3. The van der Waals surface area contributed by atoms with E-state index in [0.29, 0.717) is 5.39 Å². The molecule has 13 heteroatoms. The fourth-order valence-corrected chi connectivity index (χ4v) is 5.39. The molecule has 1 aliphatic rings. The van der Waals surface area contributed by atoms with Gasteiger partial charge in [0.1, 0.15) is 0 Å². The van der Waals surface area contributed by atoms with Gasteiger partial charge in [-0.15, -0.1) is 21.1 Å². The first kappa shape index (κ1) is 24.1. The normalized spacial score (nSPS) is 13.9. The zero-order valence-electron chi connectivity index (χ0n) is 17.2. The fraction of sp³-hybridized carbons (Fsp3) is 0.143. The van der Waals surface area contributed by atoms with Gasteiger partial charge < -0.3 is 0 Å². The lowest BCUT2D eigenvalue weighted by atomic mass is 9.95. The summed E-state index contributed by atoms with van der Waals surface area (Å²) in [5.74, 6) is -15.7. The molecule has 1 heterocycles. The van der Waals surface area contributed by atoms with E-state index in [1.807, 2.05) is 13.8 Å². The van der Waals surface area contributed by atoms with Gasteiger partial charge >= 0.3 is 10.1 Å². The van der Waals surface area contributed by atoms with Gasteiger partial charge in [-0.25, -0.2) is 22.0 Å². The molecule has 0 bridgehead atoms. The zero-order chi connectivity index (χ0) is 25.1. The van der Waals surface area contributed by atoms with Crippen molar-refractivity contribution in [3.63, 3.8) is 0 Å². The Hall–Kier alpha value is -3.03. The number of rotatable bonds is 5. The highest BCUT2D eigenvalue weighted by molar-refractivity contribution is 8.00. The Morgan fingerprint density at radius 2 is 1.35 bits per heavy atom. The second-order valence-electron chi connectivity index (χ2n) is 7.34. The lowest BCUT2D eigenvalue weighted by molar-refractivity contribution is -0.0159. The molecule has 0 spiro atoms. The van der Waals surface area contributed by atoms with Crippen LogP contribution in [0.1, 0.15) is 34.6 Å². The van der Waals surface area contributed by atoms with E-state index < -0.39 is 55.9 Å². The van der Waals surface area contributed by atoms with Crippen molar-refractivity contribution in [3.05, 3.63) is 70.5 Å². The number of benzene rings is 3. The molecule has 0 N–H and O–H groups in total. The van der Waals surface area contributed by atoms with Gasteiger partial charge in [-0.1, -0.05) is 26.0 Å². The van der Waals surface area contributed by atoms with Gasteiger partial charge in [0.2, 0.25) is 5.82 Å². The fourth-order valence-electron chi connectivity index (χ4n) is 3.41. The minimum Gasteiger partial charge on any atom is -0.266 e. The van der Waals surface area contributed by atoms with Crippen LogP contribution in [0.25, 0.3) is 10.8 Å². The van der Waals surface area contributed by atoms with Gasteiger partial charge in [-0.2, -0.15) is 8.42 Å². The Morgan fingerprint density at radius 3 is 1.91 bits per heavy atom. The number of hydrogen-bond donors (Lipinski definition) is 0. The van der Waals surface area contributed by atoms with Crippen LogP contribution in [0.15, 0.2) is 40.1 Å². The van der Waals surface area contributed by atoms with Crippen LogP contribution in [-0.2, 0) is 14.4 Å². The lowest BCUT2D eigenvalue weighted by Gasteiger charge is -2.26. The Balaban J connectivity index is 1.83. The van der Waals surface area contributed by atoms with Crippen LogP contribution >= 0.6 is 11.8 Å². The molecule has 0 atom stereocenters. The topological polar surface area (TPSA) is 80.8 Å². The van der Waals surface area contributed by atoms with E-state index in [1.165, 1.54) is 30.0 Å². The van der Waals surface area contributed by atoms with Crippen molar-refractivity contribution < 1.29 is 44.2 Å². The van der Waals surface area contributed by atoms with Crippen LogP contribution in [0.5, 0.6) is 0 Å². The summed E-state index contributed by atoms with van der Waals surface area (Å²) in [5, 5.41) is 0.590. The van der Waals surface area contributed by atoms with Gasteiger partial charge in [0, 0.05) is 15.5 Å². The van der Waals surface area contributed by atoms with Gasteiger partial charge in [-0.3, -0.25) is 9.59 Å². The number of carbonyl (C=O) groups excluding carboxylic acids is 2. The number of carbonyl (C=O) groups is 2. The average Bonchev–Trinajstić information content (AvgIpc) is 2.78. The van der Waals surface area contributed by atoms with Crippen LogP contribution in [0.2, 0.25) is 0 Å². The molecule has 0 saturated carbocycles. The maximum absolute atomic E-state index is 14.0. The summed E-state index contributed by atoms with van der Waals surface area (Å²) in [6, 6.07) is 7.26. The van der Waals surface area contributed by atoms with E-state index in [1.54, 1.807) is 12.1 Å². The minimum atomic E-state index is -5.86. The molecule has 34 heavy (non-hydrogen) atoms. The molecular formula is C21H12F5NO5S2. The number of hydrogen-bond acceptors (Lipinski definition) is 6. The molecule has 178 valence electrons. The SMILES string of the molecule is CC(C)Sc1ccc2c3c(cccc13)C(=O)N(OS(=O)(=O)c1c(F)c(F)c(F)c(F)c1F)C2=O. The molecule has 4 rings (SSSR count). The average molecular weight is 517 g/mol. The molecular weight excluding hydrogens is 505 g/mol. The second kappa shape index (κ2) is 8.32. The molecule has 2 amide bonds. The number of halogens is 5. The number of thioether (sulfide) groups is 1. The molecule has 6 nitrogen and oxygen atoms in total. The smallest absolute Gasteiger partial charge is 0.266 e. The molecule has 0 aliphatic carbocycles. The summed E-state index contributed by atoms with van der Waals surface area (Å²) in [6.45, 7) is 3.85. The molecule has 3 aromatic carbocycles. The van der Waals surface area contributed by atoms with Crippen LogP contribution < -0.4 is 0 Å². The predicted octanol–water partition coefficient (Wildman–Crippen LogP) is 4.95. The van der Waals surface area contributed by atoms with E-state index in [-0.39, 0.29) is 26.8 Å². The first-order chi connectivity index (χ1) is 15.9. The molecule has 1 aliphatic heterocycles. The summed E-state index contributed by atoms with van der Waals surface area (Å²) >= 11 is 1.45. The molecule has 0 radical (unpaired) electrons. The van der Waals surface area contributed by atoms with Crippen molar-refractivity contribution in [2.45, 2.75) is 28.9 Å². The van der Waals surface area contributed by atoms with Gasteiger partial charge in [0.25, 0.3) is 11.8 Å². The van der Waals surface area contributed by atoms with E-state index in [9.17, 15) is 40.0 Å². The molecule has 3 aromatic rings. The highest BCUT2D eigenvalue weighted by Crippen LogP contribution is 2.38. The summed E-state index contributed by atoms with van der Waals surface area (Å²) in [5.41, 5.74) is -0.322. The number of hydroxylamine groups is 2. The number of amides is 2. The van der Waals surface area contributed by atoms with Crippen molar-refractivity contribution in [2.24, 2.45) is 0 Å². The van der Waals surface area contributed by atoms with Crippen molar-refractivity contribution in [1.82, 2.24) is 5.06 Å². The summed E-state index contributed by atoms with van der Waals surface area (Å²) in [7, 11) is -5.86. The van der Waals surface area contributed by atoms with Crippen molar-refractivity contribution in [1.29, 1.82) is 0 Å². The van der Waals surface area contributed by atoms with E-state index in [2.05, 4.69) is 4.28 Å². The monoisotopic (exact) mass is 517 g/mol. The maximum Gasteiger partial charge on any atom is 0.324 e. The van der Waals surface area contributed by atoms with E-state index >= 15 is 0 Å². The van der Waals surface area contributed by atoms with Crippen molar-refractivity contribution in [2.75, 3.05) is 0 Å². The van der Waals surface area contributed by atoms with E-state index in [0.717, 1.165) is 4.90 Å². The van der Waals surface area contributed by atoms with Gasteiger partial charge in [-0.05, 0) is 23.6 Å². The number of imide groups is 1. The van der Waals surface area contributed by atoms with Crippen LogP contribution in [0.4, 0.5) is 22.0 Å². The van der Waals surface area contributed by atoms with E-state index in [4.69, 9.17) is 0 Å². The van der Waals surface area contributed by atoms with Crippen molar-refractivity contribution in [3.8, 4) is 0 Å². The van der Waals surface area contributed by atoms with Gasteiger partial charge in [0.15, 0.2) is 28.2 Å². The molecule has 0 fully saturated rings. The Kier molecular flexibility index (Phi) is 5.90. The summed E-state index contributed by atoms with van der Waals surface area (Å²) in [6.07, 6.45) is 0. The Bertz CT molecular complexity index is 1460. The van der Waals surface area contributed by atoms with Crippen LogP contribution in [0.3, 0.4) is 0 Å². The second-order valence-corrected chi connectivity index (χ2v) is 10.4. The summed E-state index contributed by atoms with van der Waals surface area (Å²) in [4.78, 5) is 24.3. The highest BCUT2D eigenvalue weighted by Gasteiger charge is 2.41. The first-order valence-electron chi connectivity index (χ1n) is 9.44. The third kappa shape index (κ3) is 3.63. The number of nitrogens with zero attached hydrogens (tertiary/aromatic N) is 1. The maximum atomic E-state index is 14.0. The first-order valence-corrected chi connectivity index (χ1v) is 11.7. The third-order valence-electron chi connectivity index (χ3n) is 4.79. The predicted molar refractivity (Wildman–Crippen MR) is 110 cm³/mol. The molecule has 0 saturated heterocycles. The third-order valence-corrected chi connectivity index (χ3v) is 7.07. The minimum absolute atomic E-state index is 0.151. The molecule has 0 aromatic heterocycles. The summed E-state index contributed by atoms with van der Waals surface area (Å²) < 4.78 is 97.7. The Morgan fingerprint density at radius 1 is 0.824 bits per heavy atom.